The lowest BCUT2D eigenvalue weighted by atomic mass is 10.0. The summed E-state index contributed by atoms with van der Waals surface area (Å²) >= 11 is 0. The van der Waals surface area contributed by atoms with Crippen LogP contribution >= 0.6 is 0 Å². The molecule has 0 bridgehead atoms. The predicted octanol–water partition coefficient (Wildman–Crippen LogP) is -0.199. The number of nitrogens with one attached hydrogen (secondary N) is 1. The number of carbonyl (C=O) groups is 1. The van der Waals surface area contributed by atoms with Gasteiger partial charge in [0.05, 0.1) is 5.54 Å². The van der Waals surface area contributed by atoms with E-state index in [1.165, 1.54) is 0 Å². The molecular weight excluding hydrogens is 144 g/mol. The normalized spacial score (nSPS) is 37.7. The second-order valence-electron chi connectivity index (χ2n) is 3.47. The molecule has 62 valence electrons. The summed E-state index contributed by atoms with van der Waals surface area (Å²) in [4.78, 5) is 13.0. The number of likely N-dealkylation sites (tertiary alicyclic amines) is 1. The van der Waals surface area contributed by atoms with E-state index in [0.717, 1.165) is 19.5 Å². The lowest BCUT2D eigenvalue weighted by molar-refractivity contribution is 0.172. The molecule has 2 fully saturated rings. The summed E-state index contributed by atoms with van der Waals surface area (Å²) in [5.74, 6) is 0. The van der Waals surface area contributed by atoms with Gasteiger partial charge in [0.1, 0.15) is 6.61 Å². The Labute approximate surface area is 65.5 Å². The van der Waals surface area contributed by atoms with Crippen LogP contribution in [0.5, 0.6) is 0 Å². The molecular formula is C7H12N2O2. The Balaban J connectivity index is 2.07. The van der Waals surface area contributed by atoms with Gasteiger partial charge in [-0.3, -0.25) is 0 Å². The van der Waals surface area contributed by atoms with Crippen molar-refractivity contribution in [1.82, 2.24) is 10.2 Å². The number of likely N-dealkylation sites (N-methyl/N-ethyl adjacent to an activating group) is 1. The Morgan fingerprint density at radius 3 is 3.00 bits per heavy atom. The van der Waals surface area contributed by atoms with Gasteiger partial charge in [0.15, 0.2) is 0 Å². The molecule has 2 aliphatic rings. The van der Waals surface area contributed by atoms with E-state index in [0.29, 0.717) is 6.61 Å². The van der Waals surface area contributed by atoms with Gasteiger partial charge >= 0.3 is 6.09 Å². The first-order valence-electron chi connectivity index (χ1n) is 3.84. The fraction of sp³-hybridized carbons (Fsp3) is 0.857. The number of nitrogens with zero attached hydrogens (tertiary/aromatic N) is 1. The maximum Gasteiger partial charge on any atom is 0.407 e. The fourth-order valence-electron chi connectivity index (χ4n) is 1.79. The first-order valence-corrected chi connectivity index (χ1v) is 3.84. The van der Waals surface area contributed by atoms with Crippen molar-refractivity contribution in [3.05, 3.63) is 0 Å². The smallest absolute Gasteiger partial charge is 0.407 e. The molecule has 2 heterocycles. The Hall–Kier alpha value is -0.770. The van der Waals surface area contributed by atoms with Gasteiger partial charge in [-0.2, -0.15) is 0 Å². The summed E-state index contributed by atoms with van der Waals surface area (Å²) < 4.78 is 4.86. The standard InChI is InChI=1S/C7H12N2O2/c1-9-3-2-7(4-9)5-11-6(10)8-7/h2-5H2,1H3,(H,8,10). The molecule has 1 amide bonds. The Morgan fingerprint density at radius 1 is 1.73 bits per heavy atom. The number of carbonyl (C=O) groups excluding carboxylic acids is 1. The van der Waals surface area contributed by atoms with Gasteiger partial charge in [-0.25, -0.2) is 4.79 Å². The van der Waals surface area contributed by atoms with Crippen LogP contribution < -0.4 is 5.32 Å². The summed E-state index contributed by atoms with van der Waals surface area (Å²) in [6.45, 7) is 2.50. The molecule has 1 unspecified atom stereocenters. The van der Waals surface area contributed by atoms with Gasteiger partial charge in [0, 0.05) is 13.1 Å². The molecule has 2 aliphatic heterocycles. The second-order valence-corrected chi connectivity index (χ2v) is 3.47. The first kappa shape index (κ1) is 6.91. The van der Waals surface area contributed by atoms with Crippen LogP contribution in [-0.2, 0) is 4.74 Å². The highest BCUT2D eigenvalue weighted by molar-refractivity contribution is 5.70. The number of hydrogen-bond donors (Lipinski definition) is 1. The summed E-state index contributed by atoms with van der Waals surface area (Å²) in [7, 11) is 2.05. The SMILES string of the molecule is CN1CCC2(COC(=O)N2)C1. The van der Waals surface area contributed by atoms with E-state index in [4.69, 9.17) is 4.74 Å². The maximum absolute atomic E-state index is 10.8. The molecule has 4 nitrogen and oxygen atoms in total. The monoisotopic (exact) mass is 156 g/mol. The molecule has 0 aromatic carbocycles. The maximum atomic E-state index is 10.8. The molecule has 0 aromatic heterocycles. The van der Waals surface area contributed by atoms with Gasteiger partial charge in [-0.15, -0.1) is 0 Å². The number of ether oxygens (including phenoxy) is 1. The topological polar surface area (TPSA) is 41.6 Å². The third kappa shape index (κ3) is 1.07. The van der Waals surface area contributed by atoms with Crippen molar-refractivity contribution in [2.75, 3.05) is 26.7 Å². The second kappa shape index (κ2) is 2.11. The zero-order chi connectivity index (χ0) is 7.90. The number of hydrogen-bond acceptors (Lipinski definition) is 3. The Bertz CT molecular complexity index is 195. The quantitative estimate of drug-likeness (QED) is 0.528. The van der Waals surface area contributed by atoms with Gasteiger partial charge in [-0.05, 0) is 13.5 Å². The molecule has 4 heteroatoms. The number of cyclic esters (lactones) is 1. The van der Waals surface area contributed by atoms with Crippen LogP contribution in [0.3, 0.4) is 0 Å². The molecule has 1 atom stereocenters. The van der Waals surface area contributed by atoms with Gasteiger partial charge in [0.25, 0.3) is 0 Å². The van der Waals surface area contributed by atoms with Crippen LogP contribution in [-0.4, -0.2) is 43.3 Å². The Morgan fingerprint density at radius 2 is 2.55 bits per heavy atom. The van der Waals surface area contributed by atoms with Crippen molar-refractivity contribution in [2.45, 2.75) is 12.0 Å². The van der Waals surface area contributed by atoms with E-state index in [9.17, 15) is 4.79 Å². The van der Waals surface area contributed by atoms with Crippen molar-refractivity contribution < 1.29 is 9.53 Å². The summed E-state index contributed by atoms with van der Waals surface area (Å²) in [5, 5.41) is 2.86. The number of amides is 1. The van der Waals surface area contributed by atoms with Gasteiger partial charge in [0.2, 0.25) is 0 Å². The van der Waals surface area contributed by atoms with E-state index in [-0.39, 0.29) is 11.6 Å². The van der Waals surface area contributed by atoms with Crippen LogP contribution in [0.2, 0.25) is 0 Å². The molecule has 2 saturated heterocycles. The lowest BCUT2D eigenvalue weighted by Gasteiger charge is -2.18. The first-order chi connectivity index (χ1) is 5.20. The summed E-state index contributed by atoms with van der Waals surface area (Å²) in [5.41, 5.74) is -0.0637. The number of rotatable bonds is 0. The van der Waals surface area contributed by atoms with Crippen LogP contribution in [0.15, 0.2) is 0 Å². The highest BCUT2D eigenvalue weighted by Gasteiger charge is 2.43. The number of alkyl carbamates (subject to hydrolysis) is 1. The Kier molecular flexibility index (Phi) is 1.32. The lowest BCUT2D eigenvalue weighted by Crippen LogP contribution is -2.45. The van der Waals surface area contributed by atoms with Crippen LogP contribution in [0.25, 0.3) is 0 Å². The van der Waals surface area contributed by atoms with Crippen molar-refractivity contribution in [1.29, 1.82) is 0 Å². The minimum atomic E-state index is -0.264. The molecule has 2 rings (SSSR count). The third-order valence-corrected chi connectivity index (χ3v) is 2.39. The minimum Gasteiger partial charge on any atom is -0.447 e. The minimum absolute atomic E-state index is 0.0637. The highest BCUT2D eigenvalue weighted by atomic mass is 16.6. The van der Waals surface area contributed by atoms with E-state index in [1.807, 2.05) is 0 Å². The van der Waals surface area contributed by atoms with Crippen LogP contribution in [0, 0.1) is 0 Å². The van der Waals surface area contributed by atoms with Gasteiger partial charge < -0.3 is 15.0 Å². The van der Waals surface area contributed by atoms with E-state index in [1.54, 1.807) is 0 Å². The van der Waals surface area contributed by atoms with Crippen LogP contribution in [0.1, 0.15) is 6.42 Å². The molecule has 1 spiro atoms. The molecule has 1 N–H and O–H groups in total. The molecule has 0 aliphatic carbocycles. The molecule has 0 saturated carbocycles. The zero-order valence-electron chi connectivity index (χ0n) is 6.59. The highest BCUT2D eigenvalue weighted by Crippen LogP contribution is 2.24. The molecule has 0 radical (unpaired) electrons. The van der Waals surface area contributed by atoms with Crippen molar-refractivity contribution >= 4 is 6.09 Å². The van der Waals surface area contributed by atoms with Crippen molar-refractivity contribution in [3.63, 3.8) is 0 Å². The molecule has 11 heavy (non-hydrogen) atoms. The fourth-order valence-corrected chi connectivity index (χ4v) is 1.79. The zero-order valence-corrected chi connectivity index (χ0v) is 6.59. The van der Waals surface area contributed by atoms with E-state index in [2.05, 4.69) is 17.3 Å². The van der Waals surface area contributed by atoms with Crippen molar-refractivity contribution in [2.24, 2.45) is 0 Å². The predicted molar refractivity (Wildman–Crippen MR) is 39.3 cm³/mol. The van der Waals surface area contributed by atoms with Gasteiger partial charge in [-0.1, -0.05) is 0 Å². The largest absolute Gasteiger partial charge is 0.447 e. The third-order valence-electron chi connectivity index (χ3n) is 2.39. The average molecular weight is 156 g/mol. The summed E-state index contributed by atoms with van der Waals surface area (Å²) in [6, 6.07) is 0. The summed E-state index contributed by atoms with van der Waals surface area (Å²) in [6.07, 6.45) is 0.746. The van der Waals surface area contributed by atoms with E-state index >= 15 is 0 Å². The van der Waals surface area contributed by atoms with Crippen molar-refractivity contribution in [3.8, 4) is 0 Å². The van der Waals surface area contributed by atoms with E-state index < -0.39 is 0 Å². The molecule has 0 aromatic rings. The van der Waals surface area contributed by atoms with Crippen LogP contribution in [0.4, 0.5) is 4.79 Å². The average Bonchev–Trinajstić information content (AvgIpc) is 2.44.